The van der Waals surface area contributed by atoms with Crippen LogP contribution in [-0.4, -0.2) is 13.2 Å². The Kier molecular flexibility index (Phi) is 9.85. The van der Waals surface area contributed by atoms with E-state index in [2.05, 4.69) is 0 Å². The van der Waals surface area contributed by atoms with E-state index in [1.54, 1.807) is 0 Å². The van der Waals surface area contributed by atoms with Crippen molar-refractivity contribution in [2.75, 3.05) is 13.2 Å². The molecule has 0 bridgehead atoms. The van der Waals surface area contributed by atoms with Crippen molar-refractivity contribution in [2.45, 2.75) is 44.9 Å². The van der Waals surface area contributed by atoms with Crippen LogP contribution in [0.3, 0.4) is 0 Å². The van der Waals surface area contributed by atoms with Gasteiger partial charge < -0.3 is 5.73 Å². The summed E-state index contributed by atoms with van der Waals surface area (Å²) in [7, 11) is 0. The lowest BCUT2D eigenvalue weighted by molar-refractivity contribution is 0.186. The SMILES string of the molecule is NCCCCCCCCC[O]. The maximum Gasteiger partial charge on any atom is 0.0822 e. The third-order valence-electron chi connectivity index (χ3n) is 1.85. The molecule has 0 saturated heterocycles. The number of rotatable bonds is 8. The van der Waals surface area contributed by atoms with Crippen LogP contribution >= 0.6 is 0 Å². The van der Waals surface area contributed by atoms with E-state index in [0.29, 0.717) is 0 Å². The maximum absolute atomic E-state index is 10.0. The fourth-order valence-electron chi connectivity index (χ4n) is 1.13. The quantitative estimate of drug-likeness (QED) is 0.540. The summed E-state index contributed by atoms with van der Waals surface area (Å²) in [5.74, 6) is 0. The molecule has 2 N–H and O–H groups in total. The topological polar surface area (TPSA) is 45.9 Å². The predicted octanol–water partition coefficient (Wildman–Crippen LogP) is 2.11. The van der Waals surface area contributed by atoms with E-state index in [0.717, 1.165) is 25.8 Å². The smallest absolute Gasteiger partial charge is 0.0822 e. The first-order valence-corrected chi connectivity index (χ1v) is 4.70. The summed E-state index contributed by atoms with van der Waals surface area (Å²) in [5.41, 5.74) is 5.35. The molecular weight excluding hydrogens is 138 g/mol. The first-order chi connectivity index (χ1) is 5.41. The second-order valence-corrected chi connectivity index (χ2v) is 2.97. The summed E-state index contributed by atoms with van der Waals surface area (Å²) in [5, 5.41) is 10.0. The minimum absolute atomic E-state index is 0.100. The van der Waals surface area contributed by atoms with Gasteiger partial charge >= 0.3 is 0 Å². The van der Waals surface area contributed by atoms with Gasteiger partial charge in [0.25, 0.3) is 0 Å². The molecule has 11 heavy (non-hydrogen) atoms. The summed E-state index contributed by atoms with van der Waals surface area (Å²) in [6, 6.07) is 0. The summed E-state index contributed by atoms with van der Waals surface area (Å²) in [6.07, 6.45) is 8.18. The van der Waals surface area contributed by atoms with Crippen LogP contribution in [0, 0.1) is 0 Å². The van der Waals surface area contributed by atoms with E-state index in [1.807, 2.05) is 0 Å². The number of nitrogens with two attached hydrogens (primary N) is 1. The first kappa shape index (κ1) is 10.9. The van der Waals surface area contributed by atoms with Crippen LogP contribution in [0.4, 0.5) is 0 Å². The van der Waals surface area contributed by atoms with Crippen LogP contribution in [0.5, 0.6) is 0 Å². The molecule has 0 aromatic heterocycles. The Labute approximate surface area is 69.8 Å². The molecule has 0 unspecified atom stereocenters. The van der Waals surface area contributed by atoms with Crippen molar-refractivity contribution in [3.8, 4) is 0 Å². The van der Waals surface area contributed by atoms with Gasteiger partial charge in [-0.1, -0.05) is 32.1 Å². The lowest BCUT2D eigenvalue weighted by Gasteiger charge is -1.98. The monoisotopic (exact) mass is 158 g/mol. The average Bonchev–Trinajstić information content (AvgIpc) is 2.03. The standard InChI is InChI=1S/C9H20NO/c10-8-6-4-2-1-3-5-7-9-11/h1-10H2. The minimum Gasteiger partial charge on any atom is -0.330 e. The van der Waals surface area contributed by atoms with Gasteiger partial charge in [0.1, 0.15) is 0 Å². The Balaban J connectivity index is 2.69. The van der Waals surface area contributed by atoms with Gasteiger partial charge in [0.15, 0.2) is 0 Å². The van der Waals surface area contributed by atoms with Crippen LogP contribution < -0.4 is 5.73 Å². The highest BCUT2D eigenvalue weighted by atomic mass is 16.2. The molecule has 0 aliphatic carbocycles. The second kappa shape index (κ2) is 9.92. The maximum atomic E-state index is 10.0. The molecule has 0 fully saturated rings. The van der Waals surface area contributed by atoms with Crippen LogP contribution in [0.25, 0.3) is 0 Å². The van der Waals surface area contributed by atoms with Crippen molar-refractivity contribution < 1.29 is 5.11 Å². The number of hydrogen-bond donors (Lipinski definition) is 1. The van der Waals surface area contributed by atoms with Gasteiger partial charge in [-0.2, -0.15) is 0 Å². The van der Waals surface area contributed by atoms with E-state index in [1.165, 1.54) is 25.7 Å². The van der Waals surface area contributed by atoms with Crippen molar-refractivity contribution in [1.29, 1.82) is 0 Å². The van der Waals surface area contributed by atoms with Crippen molar-refractivity contribution in [3.63, 3.8) is 0 Å². The van der Waals surface area contributed by atoms with Gasteiger partial charge in [-0.15, -0.1) is 0 Å². The zero-order chi connectivity index (χ0) is 8.36. The van der Waals surface area contributed by atoms with E-state index in [4.69, 9.17) is 5.73 Å². The lowest BCUT2D eigenvalue weighted by atomic mass is 10.1. The minimum atomic E-state index is 0.100. The van der Waals surface area contributed by atoms with Crippen LogP contribution in [0.2, 0.25) is 0 Å². The Hall–Kier alpha value is -0.0800. The molecule has 2 heteroatoms. The van der Waals surface area contributed by atoms with E-state index in [9.17, 15) is 5.11 Å². The van der Waals surface area contributed by atoms with E-state index < -0.39 is 0 Å². The summed E-state index contributed by atoms with van der Waals surface area (Å²) < 4.78 is 0. The molecule has 0 aliphatic rings. The highest BCUT2D eigenvalue weighted by Gasteiger charge is 1.89. The first-order valence-electron chi connectivity index (χ1n) is 4.70. The molecule has 0 atom stereocenters. The Morgan fingerprint density at radius 1 is 0.727 bits per heavy atom. The number of hydrogen-bond acceptors (Lipinski definition) is 1. The Morgan fingerprint density at radius 2 is 1.18 bits per heavy atom. The zero-order valence-corrected chi connectivity index (χ0v) is 7.35. The van der Waals surface area contributed by atoms with Crippen molar-refractivity contribution in [1.82, 2.24) is 0 Å². The number of unbranched alkanes of at least 4 members (excludes halogenated alkanes) is 6. The molecule has 0 aliphatic heterocycles. The summed E-state index contributed by atoms with van der Waals surface area (Å²) in [6.45, 7) is 0.920. The van der Waals surface area contributed by atoms with E-state index in [-0.39, 0.29) is 6.61 Å². The van der Waals surface area contributed by atoms with Crippen molar-refractivity contribution in [3.05, 3.63) is 0 Å². The van der Waals surface area contributed by atoms with Gasteiger partial charge in [0.05, 0.1) is 6.61 Å². The second-order valence-electron chi connectivity index (χ2n) is 2.97. The van der Waals surface area contributed by atoms with Gasteiger partial charge in [0.2, 0.25) is 0 Å². The van der Waals surface area contributed by atoms with Gasteiger partial charge in [-0.3, -0.25) is 0 Å². The zero-order valence-electron chi connectivity index (χ0n) is 7.35. The van der Waals surface area contributed by atoms with E-state index >= 15 is 0 Å². The fourth-order valence-corrected chi connectivity index (χ4v) is 1.13. The summed E-state index contributed by atoms with van der Waals surface area (Å²) in [4.78, 5) is 0. The highest BCUT2D eigenvalue weighted by molar-refractivity contribution is 4.45. The normalized spacial score (nSPS) is 10.4. The predicted molar refractivity (Wildman–Crippen MR) is 46.9 cm³/mol. The molecule has 0 aromatic carbocycles. The third-order valence-corrected chi connectivity index (χ3v) is 1.85. The van der Waals surface area contributed by atoms with Gasteiger partial charge in [-0.05, 0) is 19.4 Å². The van der Waals surface area contributed by atoms with Crippen LogP contribution in [0.15, 0.2) is 0 Å². The molecule has 1 radical (unpaired) electrons. The largest absolute Gasteiger partial charge is 0.330 e. The molecule has 67 valence electrons. The van der Waals surface area contributed by atoms with Gasteiger partial charge in [0, 0.05) is 0 Å². The molecule has 0 saturated carbocycles. The fraction of sp³-hybridized carbons (Fsp3) is 1.00. The molecular formula is C9H20NO. The molecule has 0 heterocycles. The molecule has 0 aromatic rings. The average molecular weight is 158 g/mol. The Bertz CT molecular complexity index is 58.6. The highest BCUT2D eigenvalue weighted by Crippen LogP contribution is 2.05. The molecule has 0 amide bonds. The summed E-state index contributed by atoms with van der Waals surface area (Å²) >= 11 is 0. The van der Waals surface area contributed by atoms with Crippen LogP contribution in [0.1, 0.15) is 44.9 Å². The lowest BCUT2D eigenvalue weighted by Crippen LogP contribution is -1.97. The third kappa shape index (κ3) is 9.92. The van der Waals surface area contributed by atoms with Gasteiger partial charge in [-0.25, -0.2) is 5.11 Å². The molecule has 0 rings (SSSR count). The van der Waals surface area contributed by atoms with Crippen molar-refractivity contribution in [2.24, 2.45) is 5.73 Å². The Morgan fingerprint density at radius 3 is 1.64 bits per heavy atom. The molecule has 0 spiro atoms. The van der Waals surface area contributed by atoms with Crippen molar-refractivity contribution >= 4 is 0 Å². The molecule has 2 nitrogen and oxygen atoms in total. The van der Waals surface area contributed by atoms with Crippen LogP contribution in [-0.2, 0) is 5.11 Å².